The maximum atomic E-state index is 15.3. The number of halogens is 18. The zero-order chi connectivity index (χ0) is 46.7. The molecule has 0 aliphatic heterocycles. The highest BCUT2D eigenvalue weighted by Gasteiger charge is 2.87. The summed E-state index contributed by atoms with van der Waals surface area (Å²) in [6, 6.07) is 8.77. The molecule has 62 heavy (non-hydrogen) atoms. The first-order chi connectivity index (χ1) is 28.1. The van der Waals surface area contributed by atoms with E-state index in [1.54, 1.807) is 0 Å². The zero-order valence-corrected chi connectivity index (χ0v) is 31.2. The van der Waals surface area contributed by atoms with Crippen LogP contribution in [0.4, 0.5) is 79.0 Å². The predicted octanol–water partition coefficient (Wildman–Crippen LogP) is 11.0. The van der Waals surface area contributed by atoms with Gasteiger partial charge in [0.05, 0.1) is 0 Å². The fraction of sp³-hybridized carbons (Fsp3) is 0.333. The average molecular weight is 955 g/mol. The molecule has 0 bridgehead atoms. The topological polar surface area (TPSA) is 86.7 Å². The van der Waals surface area contributed by atoms with E-state index >= 15 is 17.6 Å². The molecular formula is C36H20F18O6S2. The smallest absolute Gasteiger partial charge is 0.381 e. The summed E-state index contributed by atoms with van der Waals surface area (Å²) in [6.07, 6.45) is -6.68. The van der Waals surface area contributed by atoms with Crippen molar-refractivity contribution in [3.8, 4) is 0 Å². The summed E-state index contributed by atoms with van der Waals surface area (Å²) in [5, 5.41) is -15.1. The van der Waals surface area contributed by atoms with Crippen molar-refractivity contribution in [2.24, 2.45) is 11.8 Å². The fourth-order valence-electron chi connectivity index (χ4n) is 7.03. The first-order valence-electron chi connectivity index (χ1n) is 16.8. The standard InChI is InChI=1S/C36H20F18O6S2/c37-29(38,33(45,46)47)31(41,42)35(51,52)61(55,56)59-27-23-15-7-3-11-19(23)17-9-1-5-13-21(17)25(27)26-22-14-6-2-10-18(22)20-12-4-8-16-24(20)28(26)60-62(57,58)36(53,54)32(43,44)30(39,40)34(48,49)50/h1-16,19-20,23-24H. The molecule has 4 aliphatic rings. The summed E-state index contributed by atoms with van der Waals surface area (Å²) in [6.45, 7) is 0. The van der Waals surface area contributed by atoms with Gasteiger partial charge >= 0.3 is 66.8 Å². The molecule has 6 rings (SSSR count). The van der Waals surface area contributed by atoms with E-state index in [0.717, 1.165) is 60.7 Å². The summed E-state index contributed by atoms with van der Waals surface area (Å²) >= 11 is 0. The second kappa shape index (κ2) is 14.3. The third-order valence-corrected chi connectivity index (χ3v) is 12.6. The van der Waals surface area contributed by atoms with Crippen molar-refractivity contribution in [2.75, 3.05) is 0 Å². The number of benzene rings is 2. The zero-order valence-electron chi connectivity index (χ0n) is 29.6. The van der Waals surface area contributed by atoms with Gasteiger partial charge in [0.1, 0.15) is 11.5 Å². The van der Waals surface area contributed by atoms with Crippen LogP contribution >= 0.6 is 0 Å². The average Bonchev–Trinajstić information content (AvgIpc) is 3.17. The molecule has 0 N–H and O–H groups in total. The van der Waals surface area contributed by atoms with Gasteiger partial charge in [0.2, 0.25) is 0 Å². The molecular weight excluding hydrogens is 934 g/mol. The summed E-state index contributed by atoms with van der Waals surface area (Å²) in [7, 11) is -15.8. The van der Waals surface area contributed by atoms with E-state index in [9.17, 15) is 78.3 Å². The van der Waals surface area contributed by atoms with Crippen molar-refractivity contribution < 1.29 is 104 Å². The van der Waals surface area contributed by atoms with Gasteiger partial charge in [-0.25, -0.2) is 0 Å². The minimum absolute atomic E-state index is 0.103. The number of hydrogen-bond donors (Lipinski definition) is 0. The largest absolute Gasteiger partial charge is 0.460 e. The van der Waals surface area contributed by atoms with E-state index in [-0.39, 0.29) is 11.1 Å². The van der Waals surface area contributed by atoms with E-state index in [1.165, 1.54) is 36.4 Å². The fourth-order valence-corrected chi connectivity index (χ4v) is 8.98. The number of fused-ring (bicyclic) bond motifs is 6. The van der Waals surface area contributed by atoms with Gasteiger partial charge < -0.3 is 8.37 Å². The second-order valence-electron chi connectivity index (χ2n) is 13.7. The lowest BCUT2D eigenvalue weighted by Crippen LogP contribution is -2.63. The molecule has 0 fully saturated rings. The van der Waals surface area contributed by atoms with Gasteiger partial charge in [-0.15, -0.1) is 0 Å². The van der Waals surface area contributed by atoms with Crippen molar-refractivity contribution in [3.63, 3.8) is 0 Å². The van der Waals surface area contributed by atoms with E-state index in [2.05, 4.69) is 8.37 Å². The summed E-state index contributed by atoms with van der Waals surface area (Å²) in [5.74, 6) is -41.5. The molecule has 338 valence electrons. The lowest BCUT2D eigenvalue weighted by molar-refractivity contribution is -0.382. The third kappa shape index (κ3) is 6.54. The predicted molar refractivity (Wildman–Crippen MR) is 178 cm³/mol. The van der Waals surface area contributed by atoms with Gasteiger partial charge in [-0.05, 0) is 22.3 Å². The maximum absolute atomic E-state index is 15.3. The van der Waals surface area contributed by atoms with Crippen molar-refractivity contribution in [1.29, 1.82) is 0 Å². The lowest BCUT2D eigenvalue weighted by atomic mass is 9.67. The molecule has 26 heteroatoms. The van der Waals surface area contributed by atoms with Gasteiger partial charge in [-0.2, -0.15) is 95.9 Å². The third-order valence-electron chi connectivity index (χ3n) is 10.1. The van der Waals surface area contributed by atoms with Gasteiger partial charge in [0, 0.05) is 34.8 Å². The van der Waals surface area contributed by atoms with Crippen LogP contribution in [0.3, 0.4) is 0 Å². The highest BCUT2D eigenvalue weighted by molar-refractivity contribution is 7.88. The Labute approximate surface area is 336 Å². The first-order valence-corrected chi connectivity index (χ1v) is 19.6. The van der Waals surface area contributed by atoms with Crippen LogP contribution in [0.5, 0.6) is 0 Å². The monoisotopic (exact) mass is 954 g/mol. The Kier molecular flexibility index (Phi) is 10.8. The molecule has 6 nitrogen and oxygen atoms in total. The molecule has 4 unspecified atom stereocenters. The van der Waals surface area contributed by atoms with Crippen LogP contribution in [0.25, 0.3) is 11.1 Å². The molecule has 4 aliphatic carbocycles. The SMILES string of the molecule is O=S(=O)(OC1=C(C2=C(OS(=O)(=O)C(F)(F)C(F)(F)C(F)(F)C(F)(F)F)C3C=CC=CC3c3ccccc32)c2ccccc2C2C=CC=CC12)C(F)(F)C(F)(F)C(F)(F)C(F)(F)F. The molecule has 2 aromatic carbocycles. The van der Waals surface area contributed by atoms with Crippen LogP contribution in [-0.2, 0) is 28.6 Å². The van der Waals surface area contributed by atoms with E-state index < -0.39 is 124 Å². The Bertz CT molecular complexity index is 2410. The van der Waals surface area contributed by atoms with Crippen molar-refractivity contribution in [2.45, 2.75) is 58.4 Å². The molecule has 0 radical (unpaired) electrons. The summed E-state index contributed by atoms with van der Waals surface area (Å²) in [4.78, 5) is 0. The number of allylic oxidation sites excluding steroid dienone is 10. The lowest BCUT2D eigenvalue weighted by Gasteiger charge is -2.40. The molecule has 0 saturated carbocycles. The Balaban J connectivity index is 1.73. The molecule has 0 heterocycles. The normalized spacial score (nSPS) is 22.5. The first kappa shape index (κ1) is 46.6. The van der Waals surface area contributed by atoms with Gasteiger partial charge in [-0.1, -0.05) is 97.1 Å². The van der Waals surface area contributed by atoms with E-state index in [1.807, 2.05) is 0 Å². The number of alkyl halides is 18. The van der Waals surface area contributed by atoms with E-state index in [0.29, 0.717) is 0 Å². The van der Waals surface area contributed by atoms with Crippen LogP contribution in [-0.4, -0.2) is 63.4 Å². The highest BCUT2D eigenvalue weighted by Crippen LogP contribution is 2.61. The maximum Gasteiger partial charge on any atom is 0.460 e. The van der Waals surface area contributed by atoms with Crippen LogP contribution in [0.15, 0.2) is 109 Å². The molecule has 0 amide bonds. The summed E-state index contributed by atoms with van der Waals surface area (Å²) in [5.41, 5.74) is -3.83. The molecule has 0 aromatic heterocycles. The van der Waals surface area contributed by atoms with Crippen LogP contribution < -0.4 is 0 Å². The van der Waals surface area contributed by atoms with Gasteiger partial charge in [0.25, 0.3) is 0 Å². The number of hydrogen-bond acceptors (Lipinski definition) is 6. The Hall–Kier alpha value is -4.88. The van der Waals surface area contributed by atoms with Crippen LogP contribution in [0, 0.1) is 11.8 Å². The van der Waals surface area contributed by atoms with Crippen LogP contribution in [0.1, 0.15) is 34.1 Å². The number of rotatable bonds is 11. The second-order valence-corrected chi connectivity index (χ2v) is 16.9. The molecule has 2 aromatic rings. The molecule has 0 spiro atoms. The van der Waals surface area contributed by atoms with Crippen LogP contribution in [0.2, 0.25) is 0 Å². The minimum atomic E-state index is -7.91. The Morgan fingerprint density at radius 1 is 0.387 bits per heavy atom. The molecule has 0 saturated heterocycles. The van der Waals surface area contributed by atoms with Crippen molar-refractivity contribution in [3.05, 3.63) is 131 Å². The quantitative estimate of drug-likeness (QED) is 0.165. The Morgan fingerprint density at radius 3 is 0.952 bits per heavy atom. The summed E-state index contributed by atoms with van der Waals surface area (Å²) < 4.78 is 316. The minimum Gasteiger partial charge on any atom is -0.381 e. The van der Waals surface area contributed by atoms with Crippen molar-refractivity contribution in [1.82, 2.24) is 0 Å². The van der Waals surface area contributed by atoms with Crippen molar-refractivity contribution >= 4 is 31.4 Å². The molecule has 4 atom stereocenters. The Morgan fingerprint density at radius 2 is 0.661 bits per heavy atom. The highest BCUT2D eigenvalue weighted by atomic mass is 32.2. The van der Waals surface area contributed by atoms with E-state index in [4.69, 9.17) is 0 Å². The van der Waals surface area contributed by atoms with Gasteiger partial charge in [0.15, 0.2) is 0 Å². The van der Waals surface area contributed by atoms with Gasteiger partial charge in [-0.3, -0.25) is 0 Å².